The van der Waals surface area contributed by atoms with Gasteiger partial charge in [0.25, 0.3) is 26.0 Å². The summed E-state index contributed by atoms with van der Waals surface area (Å²) in [4.78, 5) is 19.0. The Balaban J connectivity index is 1.76. The van der Waals surface area contributed by atoms with Crippen molar-refractivity contribution in [1.82, 2.24) is 18.8 Å². The van der Waals surface area contributed by atoms with Crippen molar-refractivity contribution in [3.8, 4) is 5.75 Å². The van der Waals surface area contributed by atoms with Crippen LogP contribution in [0.2, 0.25) is 5.02 Å². The number of amides is 1. The molecule has 41 heavy (non-hydrogen) atoms. The fraction of sp³-hybridized carbons (Fsp3) is 0.385. The monoisotopic (exact) mass is 625 g/mol. The van der Waals surface area contributed by atoms with Gasteiger partial charge >= 0.3 is 0 Å². The van der Waals surface area contributed by atoms with Crippen molar-refractivity contribution < 1.29 is 31.5 Å². The molecule has 3 aromatic rings. The van der Waals surface area contributed by atoms with Crippen molar-refractivity contribution in [2.45, 2.75) is 35.9 Å². The van der Waals surface area contributed by atoms with Gasteiger partial charge in [-0.1, -0.05) is 24.6 Å². The van der Waals surface area contributed by atoms with Gasteiger partial charge < -0.3 is 19.3 Å². The number of aryl methyl sites for hydroxylation is 1. The van der Waals surface area contributed by atoms with Gasteiger partial charge in [0.15, 0.2) is 10.8 Å². The number of sulfonamides is 2. The standard InChI is InChI=1S/C26H32ClN5O7S2/c1-17-12-32(18(2)15-33)26(34)21-6-5-7-22(29-40(35,36)20-10-8-19(27)9-11-20)25(21)39-23(17)13-31(4)41(37,38)24-14-30(3)16-28-24/h5-11,14,16-18,23,29,33H,12-13,15H2,1-4H3/t17-,18+,23+/m0/s1. The zero-order valence-electron chi connectivity index (χ0n) is 22.9. The van der Waals surface area contributed by atoms with Gasteiger partial charge in [-0.15, -0.1) is 0 Å². The summed E-state index contributed by atoms with van der Waals surface area (Å²) in [6.07, 6.45) is 1.95. The number of halogens is 1. The van der Waals surface area contributed by atoms with E-state index in [4.69, 9.17) is 16.3 Å². The van der Waals surface area contributed by atoms with Gasteiger partial charge in [0.1, 0.15) is 6.10 Å². The quantitative estimate of drug-likeness (QED) is 0.368. The van der Waals surface area contributed by atoms with Crippen LogP contribution >= 0.6 is 11.6 Å². The van der Waals surface area contributed by atoms with Crippen LogP contribution in [0.4, 0.5) is 5.69 Å². The number of likely N-dealkylation sites (N-methyl/N-ethyl adjacent to an activating group) is 1. The lowest BCUT2D eigenvalue weighted by Crippen LogP contribution is -2.50. The Bertz CT molecular complexity index is 1630. The summed E-state index contributed by atoms with van der Waals surface area (Å²) in [6, 6.07) is 9.46. The zero-order chi connectivity index (χ0) is 30.1. The molecule has 0 unspecified atom stereocenters. The summed E-state index contributed by atoms with van der Waals surface area (Å²) in [6.45, 7) is 3.20. The minimum Gasteiger partial charge on any atom is -0.486 e. The van der Waals surface area contributed by atoms with Crippen LogP contribution in [0.15, 0.2) is 64.9 Å². The smallest absolute Gasteiger partial charge is 0.262 e. The normalized spacial score (nSPS) is 18.8. The number of aliphatic hydroxyl groups excluding tert-OH is 1. The van der Waals surface area contributed by atoms with Crippen molar-refractivity contribution in [3.05, 3.63) is 65.6 Å². The third kappa shape index (κ3) is 6.51. The largest absolute Gasteiger partial charge is 0.486 e. The molecule has 0 fully saturated rings. The lowest BCUT2D eigenvalue weighted by atomic mass is 9.99. The number of hydrogen-bond donors (Lipinski definition) is 2. The molecule has 1 aliphatic heterocycles. The van der Waals surface area contributed by atoms with Gasteiger partial charge in [-0.2, -0.15) is 4.31 Å². The molecule has 2 heterocycles. The Labute approximate surface area is 244 Å². The Hall–Kier alpha value is -3.17. The molecule has 2 N–H and O–H groups in total. The molecule has 222 valence electrons. The SMILES string of the molecule is C[C@H](CO)N1C[C@H](C)[C@@H](CN(C)S(=O)(=O)c2cn(C)cn2)Oc2c(NS(=O)(=O)c3ccc(Cl)cc3)cccc2C1=O. The molecule has 3 atom stereocenters. The zero-order valence-corrected chi connectivity index (χ0v) is 25.3. The first-order chi connectivity index (χ1) is 19.2. The predicted octanol–water partition coefficient (Wildman–Crippen LogP) is 2.42. The second-order valence-electron chi connectivity index (χ2n) is 10.0. The molecule has 0 aliphatic carbocycles. The van der Waals surface area contributed by atoms with Crippen molar-refractivity contribution >= 4 is 43.2 Å². The minimum atomic E-state index is -4.12. The highest BCUT2D eigenvalue weighted by Gasteiger charge is 2.37. The third-order valence-electron chi connectivity index (χ3n) is 6.85. The van der Waals surface area contributed by atoms with E-state index >= 15 is 0 Å². The number of rotatable bonds is 9. The number of nitrogens with zero attached hydrogens (tertiary/aromatic N) is 4. The molecule has 15 heteroatoms. The maximum atomic E-state index is 13.7. The summed E-state index contributed by atoms with van der Waals surface area (Å²) in [5.74, 6) is -0.942. The number of benzene rings is 2. The Morgan fingerprint density at radius 2 is 1.88 bits per heavy atom. The summed E-state index contributed by atoms with van der Waals surface area (Å²) in [5.41, 5.74) is 0.0606. The maximum Gasteiger partial charge on any atom is 0.262 e. The number of nitrogens with one attached hydrogen (secondary N) is 1. The first-order valence-corrected chi connectivity index (χ1v) is 16.0. The molecule has 1 aliphatic rings. The topological polar surface area (TPSA) is 151 Å². The van der Waals surface area contributed by atoms with E-state index in [2.05, 4.69) is 9.71 Å². The van der Waals surface area contributed by atoms with Gasteiger partial charge in [-0.05, 0) is 43.3 Å². The number of carbonyl (C=O) groups excluding carboxylic acids is 1. The predicted molar refractivity (Wildman–Crippen MR) is 153 cm³/mol. The molecule has 0 bridgehead atoms. The number of carbonyl (C=O) groups is 1. The second kappa shape index (κ2) is 12.0. The Kier molecular flexibility index (Phi) is 8.99. The van der Waals surface area contributed by atoms with E-state index in [1.165, 1.54) is 71.5 Å². The number of ether oxygens (including phenoxy) is 1. The number of para-hydroxylation sites is 1. The van der Waals surface area contributed by atoms with Gasteiger partial charge in [-0.3, -0.25) is 9.52 Å². The summed E-state index contributed by atoms with van der Waals surface area (Å²) < 4.78 is 64.4. The molecule has 1 aromatic heterocycles. The molecule has 12 nitrogen and oxygen atoms in total. The van der Waals surface area contributed by atoms with Crippen molar-refractivity contribution in [1.29, 1.82) is 0 Å². The van der Waals surface area contributed by atoms with Crippen LogP contribution < -0.4 is 9.46 Å². The fourth-order valence-corrected chi connectivity index (χ4v) is 6.72. The maximum absolute atomic E-state index is 13.7. The van der Waals surface area contributed by atoms with E-state index in [0.29, 0.717) is 5.02 Å². The first-order valence-electron chi connectivity index (χ1n) is 12.7. The molecule has 0 spiro atoms. The van der Waals surface area contributed by atoms with Crippen LogP contribution in [0.25, 0.3) is 0 Å². The van der Waals surface area contributed by atoms with Crippen molar-refractivity contribution in [2.24, 2.45) is 13.0 Å². The molecular weight excluding hydrogens is 594 g/mol. The molecular formula is C26H32ClN5O7S2. The number of fused-ring (bicyclic) bond motifs is 1. The molecule has 0 saturated heterocycles. The average Bonchev–Trinajstić information content (AvgIpc) is 3.37. The average molecular weight is 626 g/mol. The number of anilines is 1. The second-order valence-corrected chi connectivity index (χ2v) is 14.1. The van der Waals surface area contributed by atoms with Crippen LogP contribution in [0.5, 0.6) is 5.75 Å². The summed E-state index contributed by atoms with van der Waals surface area (Å²) in [5, 5.41) is 10.1. The van der Waals surface area contributed by atoms with Gasteiger partial charge in [-0.25, -0.2) is 21.8 Å². The highest BCUT2D eigenvalue weighted by Crippen LogP contribution is 2.36. The fourth-order valence-electron chi connectivity index (χ4n) is 4.39. The molecule has 1 amide bonds. The van der Waals surface area contributed by atoms with Gasteiger partial charge in [0.05, 0.1) is 41.7 Å². The highest BCUT2D eigenvalue weighted by atomic mass is 35.5. The van der Waals surface area contributed by atoms with Crippen molar-refractivity contribution in [2.75, 3.05) is 31.5 Å². The summed E-state index contributed by atoms with van der Waals surface area (Å²) >= 11 is 5.91. The first kappa shape index (κ1) is 30.8. The highest BCUT2D eigenvalue weighted by molar-refractivity contribution is 7.92. The molecule has 2 aromatic carbocycles. The molecule has 0 radical (unpaired) electrons. The lowest BCUT2D eigenvalue weighted by Gasteiger charge is -2.38. The molecule has 0 saturated carbocycles. The van der Waals surface area contributed by atoms with E-state index in [0.717, 1.165) is 4.31 Å². The van der Waals surface area contributed by atoms with Crippen LogP contribution in [0.1, 0.15) is 24.2 Å². The number of imidazole rings is 1. The van der Waals surface area contributed by atoms with E-state index in [-0.39, 0.29) is 46.6 Å². The van der Waals surface area contributed by atoms with E-state index < -0.39 is 44.0 Å². The van der Waals surface area contributed by atoms with Crippen LogP contribution in [-0.4, -0.2) is 85.5 Å². The molecule has 4 rings (SSSR count). The number of aliphatic hydroxyl groups is 1. The lowest BCUT2D eigenvalue weighted by molar-refractivity contribution is 0.0389. The van der Waals surface area contributed by atoms with Gasteiger partial charge in [0.2, 0.25) is 0 Å². The third-order valence-corrected chi connectivity index (χ3v) is 10.2. The number of aromatic nitrogens is 2. The van der Waals surface area contributed by atoms with Gasteiger partial charge in [0, 0.05) is 37.8 Å². The van der Waals surface area contributed by atoms with E-state index in [9.17, 15) is 26.7 Å². The van der Waals surface area contributed by atoms with Crippen LogP contribution in [-0.2, 0) is 27.1 Å². The number of hydrogen-bond acceptors (Lipinski definition) is 8. The Morgan fingerprint density at radius 1 is 1.20 bits per heavy atom. The van der Waals surface area contributed by atoms with Crippen LogP contribution in [0.3, 0.4) is 0 Å². The summed E-state index contributed by atoms with van der Waals surface area (Å²) in [7, 11) is -5.05. The Morgan fingerprint density at radius 3 is 2.49 bits per heavy atom. The van der Waals surface area contributed by atoms with E-state index in [1.807, 2.05) is 0 Å². The van der Waals surface area contributed by atoms with E-state index in [1.54, 1.807) is 20.9 Å². The minimum absolute atomic E-state index is 0.00302. The van der Waals surface area contributed by atoms with Crippen LogP contribution in [0, 0.1) is 5.92 Å². The van der Waals surface area contributed by atoms with Crippen molar-refractivity contribution in [3.63, 3.8) is 0 Å².